The highest BCUT2D eigenvalue weighted by Crippen LogP contribution is 2.45. The molecule has 7 atom stereocenters. The van der Waals surface area contributed by atoms with Crippen LogP contribution in [-0.4, -0.2) is 96.7 Å². The minimum Gasteiger partial charge on any atom is -0.462 e. The molecule has 0 aliphatic carbocycles. The summed E-state index contributed by atoms with van der Waals surface area (Å²) in [6.45, 7) is 14.2. The molecule has 4 unspecified atom stereocenters. The second-order valence-electron chi connectivity index (χ2n) is 28.1. The lowest BCUT2D eigenvalue weighted by atomic mass is 9.99. The number of unbranched alkanes of at least 4 members (excludes halogenated alkanes) is 35. The van der Waals surface area contributed by atoms with Crippen molar-refractivity contribution in [1.29, 1.82) is 0 Å². The summed E-state index contributed by atoms with van der Waals surface area (Å²) in [6.07, 6.45) is 47.2. The van der Waals surface area contributed by atoms with Crippen molar-refractivity contribution in [3.8, 4) is 0 Å². The van der Waals surface area contributed by atoms with Crippen LogP contribution in [0.3, 0.4) is 0 Å². The zero-order valence-electron chi connectivity index (χ0n) is 60.9. The Morgan fingerprint density at radius 3 is 0.763 bits per heavy atom. The van der Waals surface area contributed by atoms with E-state index in [1.54, 1.807) is 0 Å². The lowest BCUT2D eigenvalue weighted by Gasteiger charge is -2.21. The van der Waals surface area contributed by atoms with E-state index in [1.807, 2.05) is 0 Å². The summed E-state index contributed by atoms with van der Waals surface area (Å²) in [4.78, 5) is 72.7. The molecule has 0 aromatic carbocycles. The predicted octanol–water partition coefficient (Wildman–Crippen LogP) is 21.3. The Hall–Kier alpha value is -1.94. The molecule has 0 radical (unpaired) electrons. The first-order valence-corrected chi connectivity index (χ1v) is 41.3. The van der Waals surface area contributed by atoms with Crippen LogP contribution in [0.2, 0.25) is 0 Å². The number of carbonyl (C=O) groups excluding carboxylic acids is 4. The molecule has 0 aromatic rings. The number of hydrogen-bond donors (Lipinski definition) is 3. The number of esters is 4. The van der Waals surface area contributed by atoms with Crippen LogP contribution in [0.1, 0.15) is 370 Å². The first-order valence-electron chi connectivity index (χ1n) is 38.3. The number of rotatable bonds is 71. The summed E-state index contributed by atoms with van der Waals surface area (Å²) in [7, 11) is -9.91. The molecule has 0 fully saturated rings. The zero-order chi connectivity index (χ0) is 68.9. The molecule has 0 bridgehead atoms. The first kappa shape index (κ1) is 91.1. The topological polar surface area (TPSA) is 237 Å². The van der Waals surface area contributed by atoms with Gasteiger partial charge in [0.2, 0.25) is 0 Å². The second-order valence-corrected chi connectivity index (χ2v) is 31.0. The Morgan fingerprint density at radius 2 is 0.516 bits per heavy atom. The number of aliphatic hydroxyl groups is 1. The van der Waals surface area contributed by atoms with Gasteiger partial charge in [0.05, 0.1) is 26.4 Å². The molecule has 0 heterocycles. The molecule has 19 heteroatoms. The van der Waals surface area contributed by atoms with Crippen LogP contribution in [0.5, 0.6) is 0 Å². The largest absolute Gasteiger partial charge is 0.472 e. The minimum atomic E-state index is -4.96. The Morgan fingerprint density at radius 1 is 0.301 bits per heavy atom. The Bertz CT molecular complexity index is 1840. The Balaban J connectivity index is 5.24. The third-order valence-electron chi connectivity index (χ3n) is 17.8. The van der Waals surface area contributed by atoms with Crippen LogP contribution < -0.4 is 0 Å². The van der Waals surface area contributed by atoms with Crippen molar-refractivity contribution in [1.82, 2.24) is 0 Å². The van der Waals surface area contributed by atoms with Crippen LogP contribution in [0.15, 0.2) is 0 Å². The second kappa shape index (κ2) is 63.5. The Labute approximate surface area is 568 Å². The third kappa shape index (κ3) is 65.8. The van der Waals surface area contributed by atoms with Gasteiger partial charge in [-0.1, -0.05) is 319 Å². The fraction of sp³-hybridized carbons (Fsp3) is 0.946. The van der Waals surface area contributed by atoms with Crippen molar-refractivity contribution < 1.29 is 80.2 Å². The summed E-state index contributed by atoms with van der Waals surface area (Å²) >= 11 is 0. The number of carbonyl (C=O) groups is 4. The maximum Gasteiger partial charge on any atom is 0.472 e. The van der Waals surface area contributed by atoms with Gasteiger partial charge in [-0.05, 0) is 49.4 Å². The summed E-state index contributed by atoms with van der Waals surface area (Å²) in [5, 5.41) is 10.6. The van der Waals surface area contributed by atoms with Gasteiger partial charge in [0, 0.05) is 25.7 Å². The van der Waals surface area contributed by atoms with E-state index in [0.717, 1.165) is 120 Å². The van der Waals surface area contributed by atoms with E-state index in [9.17, 15) is 43.2 Å². The van der Waals surface area contributed by atoms with Crippen LogP contribution >= 0.6 is 15.6 Å². The van der Waals surface area contributed by atoms with E-state index in [0.29, 0.717) is 25.7 Å². The number of phosphoric ester groups is 2. The van der Waals surface area contributed by atoms with E-state index in [-0.39, 0.29) is 25.7 Å². The van der Waals surface area contributed by atoms with Gasteiger partial charge in [0.25, 0.3) is 0 Å². The fourth-order valence-corrected chi connectivity index (χ4v) is 12.7. The van der Waals surface area contributed by atoms with Crippen molar-refractivity contribution in [2.75, 3.05) is 39.6 Å². The predicted molar refractivity (Wildman–Crippen MR) is 377 cm³/mol. The summed E-state index contributed by atoms with van der Waals surface area (Å²) < 4.78 is 68.4. The normalized spacial score (nSPS) is 14.8. The zero-order valence-corrected chi connectivity index (χ0v) is 62.7. The van der Waals surface area contributed by atoms with Crippen molar-refractivity contribution in [3.05, 3.63) is 0 Å². The van der Waals surface area contributed by atoms with Gasteiger partial charge in [0.1, 0.15) is 19.3 Å². The van der Waals surface area contributed by atoms with Crippen LogP contribution in [0.4, 0.5) is 0 Å². The Kier molecular flexibility index (Phi) is 62.2. The van der Waals surface area contributed by atoms with Crippen LogP contribution in [0.25, 0.3) is 0 Å². The van der Waals surface area contributed by atoms with Crippen molar-refractivity contribution >= 4 is 39.5 Å². The molecule has 3 N–H and O–H groups in total. The van der Waals surface area contributed by atoms with E-state index in [1.165, 1.54) is 167 Å². The number of ether oxygens (including phenoxy) is 4. The average Bonchev–Trinajstić information content (AvgIpc) is 1.64. The molecule has 0 saturated heterocycles. The standard InChI is InChI=1S/C74H144O17P2/c1-9-66(7)52-44-36-28-24-25-29-38-46-54-71(76)84-60-69(90-73(78)56-48-40-30-22-18-16-14-12-11-13-15-17-20-26-34-42-50-64(3)4)62-88-92(80,81)86-58-68(75)59-87-93(82,83)89-63-70(61-85-72(77)55-47-39-33-32-37-45-53-67(8)10-2)91-74(79)57-49-41-31-23-19-21-27-35-43-51-65(5)6/h64-70,75H,9-63H2,1-8H3,(H,80,81)(H,82,83)/t66?,67?,68-,69-,70-/m1/s1. The molecule has 0 aliphatic rings. The summed E-state index contributed by atoms with van der Waals surface area (Å²) in [6, 6.07) is 0. The maximum atomic E-state index is 13.1. The fourth-order valence-electron chi connectivity index (χ4n) is 11.1. The molecule has 0 amide bonds. The lowest BCUT2D eigenvalue weighted by molar-refractivity contribution is -0.161. The van der Waals surface area contributed by atoms with Crippen molar-refractivity contribution in [2.45, 2.75) is 388 Å². The third-order valence-corrected chi connectivity index (χ3v) is 19.7. The molecule has 93 heavy (non-hydrogen) atoms. The molecule has 552 valence electrons. The van der Waals surface area contributed by atoms with E-state index in [2.05, 4.69) is 55.4 Å². The number of phosphoric acid groups is 2. The van der Waals surface area contributed by atoms with Gasteiger partial charge in [-0.15, -0.1) is 0 Å². The van der Waals surface area contributed by atoms with Gasteiger partial charge in [-0.2, -0.15) is 0 Å². The smallest absolute Gasteiger partial charge is 0.462 e. The van der Waals surface area contributed by atoms with Gasteiger partial charge >= 0.3 is 39.5 Å². The van der Waals surface area contributed by atoms with E-state index >= 15 is 0 Å². The van der Waals surface area contributed by atoms with E-state index < -0.39 is 97.5 Å². The lowest BCUT2D eigenvalue weighted by Crippen LogP contribution is -2.30. The minimum absolute atomic E-state index is 0.104. The van der Waals surface area contributed by atoms with Crippen molar-refractivity contribution in [3.63, 3.8) is 0 Å². The van der Waals surface area contributed by atoms with Gasteiger partial charge < -0.3 is 33.8 Å². The molecule has 0 spiro atoms. The first-order chi connectivity index (χ1) is 44.7. The molecular formula is C74H144O17P2. The number of aliphatic hydroxyl groups excluding tert-OH is 1. The summed E-state index contributed by atoms with van der Waals surface area (Å²) in [5.41, 5.74) is 0. The SMILES string of the molecule is CCC(C)CCCCCCCCCCC(=O)OC[C@H](COP(=O)(O)OC[C@@H](O)COP(=O)(O)OC[C@@H](COC(=O)CCCCCCCCC(C)CC)OC(=O)CCCCCCCCCCCC(C)C)OC(=O)CCCCCCCCCCCCCCCCCCC(C)C. The highest BCUT2D eigenvalue weighted by Gasteiger charge is 2.30. The van der Waals surface area contributed by atoms with Crippen LogP contribution in [-0.2, 0) is 65.4 Å². The highest BCUT2D eigenvalue weighted by atomic mass is 31.2. The molecule has 0 saturated carbocycles. The highest BCUT2D eigenvalue weighted by molar-refractivity contribution is 7.47. The molecule has 0 aromatic heterocycles. The van der Waals surface area contributed by atoms with Gasteiger partial charge in [-0.3, -0.25) is 37.3 Å². The summed E-state index contributed by atoms with van der Waals surface area (Å²) in [5.74, 6) is 0.928. The molecule has 17 nitrogen and oxygen atoms in total. The van der Waals surface area contributed by atoms with Gasteiger partial charge in [0.15, 0.2) is 12.2 Å². The molecular weight excluding hydrogens is 1220 g/mol. The quantitative estimate of drug-likeness (QED) is 0.0222. The van der Waals surface area contributed by atoms with Crippen LogP contribution in [0, 0.1) is 23.7 Å². The van der Waals surface area contributed by atoms with Crippen molar-refractivity contribution in [2.24, 2.45) is 23.7 Å². The molecule has 0 aliphatic heterocycles. The average molecular weight is 1370 g/mol. The number of hydrogen-bond acceptors (Lipinski definition) is 15. The monoisotopic (exact) mass is 1370 g/mol. The maximum absolute atomic E-state index is 13.1. The van der Waals surface area contributed by atoms with E-state index in [4.69, 9.17) is 37.0 Å². The van der Waals surface area contributed by atoms with Gasteiger partial charge in [-0.25, -0.2) is 9.13 Å². The molecule has 0 rings (SSSR count).